The van der Waals surface area contributed by atoms with E-state index < -0.39 is 0 Å². The van der Waals surface area contributed by atoms with Crippen LogP contribution in [0.1, 0.15) is 5.56 Å². The Morgan fingerprint density at radius 2 is 2.07 bits per heavy atom. The molecule has 1 N–H and O–H groups in total. The van der Waals surface area contributed by atoms with E-state index in [1.165, 1.54) is 22.0 Å². The molecule has 1 aromatic carbocycles. The summed E-state index contributed by atoms with van der Waals surface area (Å²) in [5, 5.41) is 0.829. The number of rotatable bonds is 3. The van der Waals surface area contributed by atoms with Crippen LogP contribution in [0.3, 0.4) is 0 Å². The maximum atomic E-state index is 4.02. The van der Waals surface area contributed by atoms with Crippen LogP contribution < -0.4 is 4.72 Å². The van der Waals surface area contributed by atoms with Crippen molar-refractivity contribution in [3.05, 3.63) is 36.2 Å². The third-order valence-electron chi connectivity index (χ3n) is 1.64. The molecule has 0 radical (unpaired) electrons. The summed E-state index contributed by atoms with van der Waals surface area (Å²) in [6.07, 6.45) is 1.54. The van der Waals surface area contributed by atoms with Crippen molar-refractivity contribution in [1.29, 1.82) is 0 Å². The molecule has 0 saturated carbocycles. The van der Waals surface area contributed by atoms with Gasteiger partial charge in [0, 0.05) is 16.4 Å². The zero-order chi connectivity index (χ0) is 9.80. The maximum Gasteiger partial charge on any atom is 0.212 e. The first-order chi connectivity index (χ1) is 6.84. The van der Waals surface area contributed by atoms with Crippen molar-refractivity contribution in [2.45, 2.75) is 11.8 Å². The van der Waals surface area contributed by atoms with Gasteiger partial charge in [-0.25, -0.2) is 4.98 Å². The maximum absolute atomic E-state index is 4.02. The van der Waals surface area contributed by atoms with Crippen LogP contribution in [0.15, 0.2) is 35.5 Å². The second-order valence-corrected chi connectivity index (χ2v) is 4.42. The minimum Gasteiger partial charge on any atom is -0.300 e. The first-order valence-electron chi connectivity index (χ1n) is 4.11. The number of anilines is 1. The Labute approximate surface area is 90.9 Å². The van der Waals surface area contributed by atoms with Gasteiger partial charge in [0.1, 0.15) is 6.33 Å². The van der Waals surface area contributed by atoms with Crippen molar-refractivity contribution < 1.29 is 0 Å². The molecule has 0 fully saturated rings. The molecule has 1 heterocycles. The molecule has 0 aliphatic heterocycles. The standard InChI is InChI=1S/C9H9N3S2/c1-7-2-4-8(5-3-7)13-12-9-10-6-11-14-9/h2-6H,1H3,(H,10,11,12). The Balaban J connectivity index is 1.95. The van der Waals surface area contributed by atoms with Crippen LogP contribution in [0.2, 0.25) is 0 Å². The van der Waals surface area contributed by atoms with Gasteiger partial charge in [0.25, 0.3) is 0 Å². The molecule has 2 rings (SSSR count). The molecule has 72 valence electrons. The van der Waals surface area contributed by atoms with Gasteiger partial charge >= 0.3 is 0 Å². The van der Waals surface area contributed by atoms with Gasteiger partial charge < -0.3 is 4.72 Å². The Morgan fingerprint density at radius 1 is 1.29 bits per heavy atom. The normalized spacial score (nSPS) is 10.1. The fourth-order valence-corrected chi connectivity index (χ4v) is 2.02. The van der Waals surface area contributed by atoms with E-state index in [9.17, 15) is 0 Å². The van der Waals surface area contributed by atoms with Crippen LogP contribution in [0.4, 0.5) is 5.13 Å². The van der Waals surface area contributed by atoms with Crippen molar-refractivity contribution in [1.82, 2.24) is 9.36 Å². The van der Waals surface area contributed by atoms with Crippen molar-refractivity contribution in [3.63, 3.8) is 0 Å². The van der Waals surface area contributed by atoms with E-state index in [4.69, 9.17) is 0 Å². The average molecular weight is 223 g/mol. The van der Waals surface area contributed by atoms with Gasteiger partial charge in [0.15, 0.2) is 0 Å². The lowest BCUT2D eigenvalue weighted by molar-refractivity contribution is 1.33. The number of aryl methyl sites for hydroxylation is 1. The lowest BCUT2D eigenvalue weighted by Crippen LogP contribution is -1.84. The predicted molar refractivity (Wildman–Crippen MR) is 60.6 cm³/mol. The molecule has 2 aromatic rings. The summed E-state index contributed by atoms with van der Waals surface area (Å²) < 4.78 is 7.03. The number of nitrogens with one attached hydrogen (secondary N) is 1. The number of hydrogen-bond donors (Lipinski definition) is 1. The SMILES string of the molecule is Cc1ccc(SNc2ncns2)cc1. The Bertz CT molecular complexity index is 383. The molecule has 14 heavy (non-hydrogen) atoms. The molecule has 5 heteroatoms. The largest absolute Gasteiger partial charge is 0.300 e. The number of hydrogen-bond acceptors (Lipinski definition) is 5. The summed E-state index contributed by atoms with van der Waals surface area (Å²) in [6.45, 7) is 2.08. The summed E-state index contributed by atoms with van der Waals surface area (Å²) in [5.74, 6) is 0. The molecule has 0 unspecified atom stereocenters. The highest BCUT2D eigenvalue weighted by Gasteiger charge is 1.96. The fourth-order valence-electron chi connectivity index (χ4n) is 0.927. The summed E-state index contributed by atoms with van der Waals surface area (Å²) >= 11 is 2.90. The zero-order valence-electron chi connectivity index (χ0n) is 7.60. The van der Waals surface area contributed by atoms with Crippen molar-refractivity contribution >= 4 is 28.6 Å². The van der Waals surface area contributed by atoms with E-state index >= 15 is 0 Å². The molecule has 0 bridgehead atoms. The van der Waals surface area contributed by atoms with Crippen LogP contribution in [0.5, 0.6) is 0 Å². The van der Waals surface area contributed by atoms with Crippen molar-refractivity contribution in [3.8, 4) is 0 Å². The topological polar surface area (TPSA) is 37.8 Å². The zero-order valence-corrected chi connectivity index (χ0v) is 9.23. The van der Waals surface area contributed by atoms with Gasteiger partial charge in [0.05, 0.1) is 0 Å². The molecule has 0 spiro atoms. The Morgan fingerprint density at radius 3 is 2.71 bits per heavy atom. The first kappa shape index (κ1) is 9.48. The van der Waals surface area contributed by atoms with Crippen LogP contribution in [0, 0.1) is 6.92 Å². The van der Waals surface area contributed by atoms with E-state index in [1.54, 1.807) is 18.3 Å². The monoisotopic (exact) mass is 223 g/mol. The van der Waals surface area contributed by atoms with Crippen LogP contribution in [0.25, 0.3) is 0 Å². The van der Waals surface area contributed by atoms with E-state index in [2.05, 4.69) is 45.3 Å². The van der Waals surface area contributed by atoms with Gasteiger partial charge in [0.2, 0.25) is 5.13 Å². The van der Waals surface area contributed by atoms with Gasteiger partial charge in [-0.15, -0.1) is 0 Å². The van der Waals surface area contributed by atoms with Gasteiger partial charge in [-0.05, 0) is 31.0 Å². The molecule has 0 amide bonds. The van der Waals surface area contributed by atoms with Gasteiger partial charge in [-0.3, -0.25) is 0 Å². The molecule has 0 aliphatic rings. The minimum atomic E-state index is 0.829. The molecular formula is C9H9N3S2. The lowest BCUT2D eigenvalue weighted by Gasteiger charge is -2.00. The molecule has 0 atom stereocenters. The van der Waals surface area contributed by atoms with Crippen molar-refractivity contribution in [2.75, 3.05) is 4.72 Å². The van der Waals surface area contributed by atoms with E-state index in [0.29, 0.717) is 0 Å². The molecule has 0 aliphatic carbocycles. The first-order valence-corrected chi connectivity index (χ1v) is 5.70. The van der Waals surface area contributed by atoms with Crippen molar-refractivity contribution in [2.24, 2.45) is 0 Å². The summed E-state index contributed by atoms with van der Waals surface area (Å²) in [7, 11) is 0. The Kier molecular flexibility index (Phi) is 3.00. The van der Waals surface area contributed by atoms with E-state index in [1.807, 2.05) is 0 Å². The lowest BCUT2D eigenvalue weighted by atomic mass is 10.2. The highest BCUT2D eigenvalue weighted by molar-refractivity contribution is 8.00. The number of aromatic nitrogens is 2. The fraction of sp³-hybridized carbons (Fsp3) is 0.111. The average Bonchev–Trinajstić information content (AvgIpc) is 2.70. The molecule has 0 saturated heterocycles. The van der Waals surface area contributed by atoms with Crippen LogP contribution in [-0.2, 0) is 0 Å². The minimum absolute atomic E-state index is 0.829. The summed E-state index contributed by atoms with van der Waals surface area (Å²) in [4.78, 5) is 5.20. The molecular weight excluding hydrogens is 214 g/mol. The third kappa shape index (κ3) is 2.46. The molecule has 3 nitrogen and oxygen atoms in total. The summed E-state index contributed by atoms with van der Waals surface area (Å²) in [5.41, 5.74) is 1.27. The van der Waals surface area contributed by atoms with E-state index in [-0.39, 0.29) is 0 Å². The quantitative estimate of drug-likeness (QED) is 0.812. The predicted octanol–water partition coefficient (Wildman–Crippen LogP) is 2.97. The van der Waals surface area contributed by atoms with Crippen LogP contribution in [-0.4, -0.2) is 9.36 Å². The highest BCUT2D eigenvalue weighted by Crippen LogP contribution is 2.21. The summed E-state index contributed by atoms with van der Waals surface area (Å²) in [6, 6.07) is 8.33. The smallest absolute Gasteiger partial charge is 0.212 e. The molecule has 1 aromatic heterocycles. The van der Waals surface area contributed by atoms with Gasteiger partial charge in [-0.1, -0.05) is 17.7 Å². The van der Waals surface area contributed by atoms with Gasteiger partial charge in [-0.2, -0.15) is 4.37 Å². The number of benzene rings is 1. The Hall–Kier alpha value is -1.07. The van der Waals surface area contributed by atoms with Crippen LogP contribution >= 0.6 is 23.5 Å². The highest BCUT2D eigenvalue weighted by atomic mass is 32.2. The van der Waals surface area contributed by atoms with E-state index in [0.717, 1.165) is 5.13 Å². The second-order valence-electron chi connectivity index (χ2n) is 2.76. The third-order valence-corrected chi connectivity index (χ3v) is 3.15. The second kappa shape index (κ2) is 4.43. The number of nitrogens with zero attached hydrogens (tertiary/aromatic N) is 2.